The van der Waals surface area contributed by atoms with Crippen LogP contribution < -0.4 is 5.32 Å². The van der Waals surface area contributed by atoms with Crippen molar-refractivity contribution in [2.75, 3.05) is 13.7 Å². The Balaban J connectivity index is 3.16. The van der Waals surface area contributed by atoms with E-state index in [4.69, 9.17) is 4.74 Å². The molecule has 0 saturated carbocycles. The van der Waals surface area contributed by atoms with Crippen LogP contribution in [-0.2, 0) is 9.53 Å². The molecule has 0 radical (unpaired) electrons. The fraction of sp³-hybridized carbons (Fsp3) is 0.833. The predicted molar refractivity (Wildman–Crippen MR) is 35.2 cm³/mol. The zero-order valence-electron chi connectivity index (χ0n) is 6.10. The molecule has 0 aliphatic heterocycles. The van der Waals surface area contributed by atoms with E-state index in [9.17, 15) is 4.79 Å². The minimum atomic E-state index is -0.225. The molecule has 1 N–H and O–H groups in total. The van der Waals surface area contributed by atoms with Crippen molar-refractivity contribution in [2.45, 2.75) is 19.9 Å². The molecule has 0 aromatic carbocycles. The molecule has 0 rings (SSSR count). The Kier molecular flexibility index (Phi) is 4.05. The van der Waals surface area contributed by atoms with Crippen LogP contribution in [0.2, 0.25) is 0 Å². The van der Waals surface area contributed by atoms with E-state index in [-0.39, 0.29) is 12.0 Å². The molecule has 0 saturated heterocycles. The summed E-state index contributed by atoms with van der Waals surface area (Å²) < 4.78 is 4.69. The van der Waals surface area contributed by atoms with Crippen LogP contribution in [0.4, 0.5) is 0 Å². The van der Waals surface area contributed by atoms with E-state index in [1.54, 1.807) is 0 Å². The van der Waals surface area contributed by atoms with E-state index in [2.05, 4.69) is 5.32 Å². The number of ether oxygens (including phenoxy) is 1. The molecule has 54 valence electrons. The molecular weight excluding hydrogens is 118 g/mol. The highest BCUT2D eigenvalue weighted by Crippen LogP contribution is 1.82. The third-order valence-corrected chi connectivity index (χ3v) is 1.03. The number of nitrogens with one attached hydrogen (secondary N) is 1. The molecule has 0 aromatic heterocycles. The quantitative estimate of drug-likeness (QED) is 0.554. The van der Waals surface area contributed by atoms with Gasteiger partial charge in [0.1, 0.15) is 6.61 Å². The van der Waals surface area contributed by atoms with Gasteiger partial charge in [0.15, 0.2) is 0 Å². The van der Waals surface area contributed by atoms with E-state index in [1.165, 1.54) is 6.92 Å². The van der Waals surface area contributed by atoms with E-state index >= 15 is 0 Å². The van der Waals surface area contributed by atoms with Crippen LogP contribution in [0.15, 0.2) is 0 Å². The zero-order chi connectivity index (χ0) is 7.28. The molecule has 0 aliphatic carbocycles. The summed E-state index contributed by atoms with van der Waals surface area (Å²) in [6, 6.07) is 0.244. The number of hydrogen-bond acceptors (Lipinski definition) is 3. The molecule has 1 atom stereocenters. The topological polar surface area (TPSA) is 38.3 Å². The first-order chi connectivity index (χ1) is 4.16. The lowest BCUT2D eigenvalue weighted by Gasteiger charge is -2.08. The maximum atomic E-state index is 10.2. The molecule has 0 spiro atoms. The molecule has 1 unspecified atom stereocenters. The van der Waals surface area contributed by atoms with Gasteiger partial charge in [-0.3, -0.25) is 4.79 Å². The van der Waals surface area contributed by atoms with E-state index in [1.807, 2.05) is 14.0 Å². The smallest absolute Gasteiger partial charge is 0.302 e. The normalized spacial score (nSPS) is 12.8. The fourth-order valence-electron chi connectivity index (χ4n) is 0.326. The van der Waals surface area contributed by atoms with Crippen LogP contribution in [0.25, 0.3) is 0 Å². The number of hydrogen-bond donors (Lipinski definition) is 1. The number of carbonyl (C=O) groups excluding carboxylic acids is 1. The van der Waals surface area contributed by atoms with Crippen molar-refractivity contribution in [3.63, 3.8) is 0 Å². The lowest BCUT2D eigenvalue weighted by atomic mass is 10.4. The molecule has 3 heteroatoms. The van der Waals surface area contributed by atoms with Crippen molar-refractivity contribution in [3.05, 3.63) is 0 Å². The van der Waals surface area contributed by atoms with Gasteiger partial charge in [-0.1, -0.05) is 0 Å². The fourth-order valence-corrected chi connectivity index (χ4v) is 0.326. The van der Waals surface area contributed by atoms with Crippen LogP contribution >= 0.6 is 0 Å². The lowest BCUT2D eigenvalue weighted by molar-refractivity contribution is -0.141. The Hall–Kier alpha value is -0.570. The Morgan fingerprint density at radius 3 is 2.67 bits per heavy atom. The number of likely N-dealkylation sites (N-methyl/N-ethyl adjacent to an activating group) is 1. The summed E-state index contributed by atoms with van der Waals surface area (Å²) in [5, 5.41) is 2.94. The van der Waals surface area contributed by atoms with Gasteiger partial charge in [0.25, 0.3) is 0 Å². The second-order valence-corrected chi connectivity index (χ2v) is 1.99. The summed E-state index contributed by atoms with van der Waals surface area (Å²) in [5.74, 6) is -0.225. The first-order valence-corrected chi connectivity index (χ1v) is 2.97. The van der Waals surface area contributed by atoms with Crippen LogP contribution in [0.5, 0.6) is 0 Å². The van der Waals surface area contributed by atoms with Gasteiger partial charge in [-0.15, -0.1) is 0 Å². The van der Waals surface area contributed by atoms with Gasteiger partial charge in [-0.25, -0.2) is 0 Å². The molecular formula is C6H13NO2. The summed E-state index contributed by atoms with van der Waals surface area (Å²) in [6.45, 7) is 3.80. The van der Waals surface area contributed by atoms with Gasteiger partial charge < -0.3 is 10.1 Å². The standard InChI is InChI=1S/C6H13NO2/c1-5(7-3)4-9-6(2)8/h5,7H,4H2,1-3H3. The highest BCUT2D eigenvalue weighted by atomic mass is 16.5. The highest BCUT2D eigenvalue weighted by molar-refractivity contribution is 5.65. The lowest BCUT2D eigenvalue weighted by Crippen LogP contribution is -2.27. The molecule has 0 amide bonds. The van der Waals surface area contributed by atoms with Crippen molar-refractivity contribution < 1.29 is 9.53 Å². The summed E-state index contributed by atoms with van der Waals surface area (Å²) in [4.78, 5) is 10.2. The maximum Gasteiger partial charge on any atom is 0.302 e. The molecule has 0 fully saturated rings. The van der Waals surface area contributed by atoms with Crippen LogP contribution in [0.3, 0.4) is 0 Å². The predicted octanol–water partition coefficient (Wildman–Crippen LogP) is 0.157. The highest BCUT2D eigenvalue weighted by Gasteiger charge is 1.98. The Bertz CT molecular complexity index is 93.1. The van der Waals surface area contributed by atoms with Crippen LogP contribution in [0.1, 0.15) is 13.8 Å². The van der Waals surface area contributed by atoms with Crippen molar-refractivity contribution >= 4 is 5.97 Å². The molecule has 0 aromatic rings. The summed E-state index contributed by atoms with van der Waals surface area (Å²) in [6.07, 6.45) is 0. The third kappa shape index (κ3) is 5.30. The average Bonchev–Trinajstić information content (AvgIpc) is 1.83. The summed E-state index contributed by atoms with van der Waals surface area (Å²) >= 11 is 0. The van der Waals surface area contributed by atoms with Crippen molar-refractivity contribution in [1.82, 2.24) is 5.32 Å². The van der Waals surface area contributed by atoms with Gasteiger partial charge in [-0.2, -0.15) is 0 Å². The van der Waals surface area contributed by atoms with Crippen molar-refractivity contribution in [2.24, 2.45) is 0 Å². The molecule has 3 nitrogen and oxygen atoms in total. The minimum Gasteiger partial charge on any atom is -0.464 e. The molecule has 0 heterocycles. The monoisotopic (exact) mass is 131 g/mol. The van der Waals surface area contributed by atoms with E-state index in [0.29, 0.717) is 6.61 Å². The third-order valence-electron chi connectivity index (χ3n) is 1.03. The minimum absolute atomic E-state index is 0.225. The van der Waals surface area contributed by atoms with Crippen LogP contribution in [0, 0.1) is 0 Å². The molecule has 9 heavy (non-hydrogen) atoms. The van der Waals surface area contributed by atoms with E-state index < -0.39 is 0 Å². The first kappa shape index (κ1) is 8.43. The summed E-state index contributed by atoms with van der Waals surface area (Å²) in [5.41, 5.74) is 0. The van der Waals surface area contributed by atoms with Crippen LogP contribution in [-0.4, -0.2) is 25.7 Å². The second-order valence-electron chi connectivity index (χ2n) is 1.99. The SMILES string of the molecule is CNC(C)COC(C)=O. The van der Waals surface area contributed by atoms with Gasteiger partial charge in [-0.05, 0) is 14.0 Å². The van der Waals surface area contributed by atoms with Gasteiger partial charge >= 0.3 is 5.97 Å². The molecule has 0 aliphatic rings. The largest absolute Gasteiger partial charge is 0.464 e. The average molecular weight is 131 g/mol. The number of carbonyl (C=O) groups is 1. The Morgan fingerprint density at radius 2 is 2.33 bits per heavy atom. The molecule has 0 bridgehead atoms. The number of rotatable bonds is 3. The second kappa shape index (κ2) is 4.32. The zero-order valence-corrected chi connectivity index (χ0v) is 6.10. The first-order valence-electron chi connectivity index (χ1n) is 2.97. The van der Waals surface area contributed by atoms with Crippen molar-refractivity contribution in [1.29, 1.82) is 0 Å². The summed E-state index contributed by atoms with van der Waals surface area (Å²) in [7, 11) is 1.83. The van der Waals surface area contributed by atoms with Gasteiger partial charge in [0, 0.05) is 13.0 Å². The number of esters is 1. The van der Waals surface area contributed by atoms with Gasteiger partial charge in [0.05, 0.1) is 0 Å². The van der Waals surface area contributed by atoms with Gasteiger partial charge in [0.2, 0.25) is 0 Å². The van der Waals surface area contributed by atoms with Crippen molar-refractivity contribution in [3.8, 4) is 0 Å². The van der Waals surface area contributed by atoms with E-state index in [0.717, 1.165) is 0 Å². The Labute approximate surface area is 55.4 Å². The Morgan fingerprint density at radius 1 is 1.78 bits per heavy atom. The maximum absolute atomic E-state index is 10.2.